The molecule has 3 rings (SSSR count). The van der Waals surface area contributed by atoms with Gasteiger partial charge in [0, 0.05) is 19.7 Å². The van der Waals surface area contributed by atoms with Crippen LogP contribution in [0.2, 0.25) is 0 Å². The first kappa shape index (κ1) is 17.6. The first-order valence-electron chi connectivity index (χ1n) is 8.11. The van der Waals surface area contributed by atoms with E-state index in [2.05, 4.69) is 0 Å². The lowest BCUT2D eigenvalue weighted by molar-refractivity contribution is 0.171. The van der Waals surface area contributed by atoms with Crippen molar-refractivity contribution < 1.29 is 22.6 Å². The minimum absolute atomic E-state index is 0.197. The third kappa shape index (κ3) is 4.24. The molecule has 0 amide bonds. The van der Waals surface area contributed by atoms with E-state index in [1.165, 1.54) is 10.4 Å². The molecule has 0 saturated heterocycles. The molecule has 7 heteroatoms. The summed E-state index contributed by atoms with van der Waals surface area (Å²) in [6.07, 6.45) is 0.592. The van der Waals surface area contributed by atoms with Gasteiger partial charge in [0.05, 0.1) is 11.5 Å². The highest BCUT2D eigenvalue weighted by atomic mass is 32.2. The lowest BCUT2D eigenvalue weighted by atomic mass is 10.3. The zero-order valence-corrected chi connectivity index (χ0v) is 14.9. The molecule has 0 fully saturated rings. The van der Waals surface area contributed by atoms with Crippen LogP contribution in [0.15, 0.2) is 53.4 Å². The predicted octanol–water partition coefficient (Wildman–Crippen LogP) is 2.55. The topological polar surface area (TPSA) is 65.1 Å². The van der Waals surface area contributed by atoms with Crippen molar-refractivity contribution in [2.75, 3.05) is 33.4 Å². The van der Waals surface area contributed by atoms with Crippen molar-refractivity contribution in [2.24, 2.45) is 0 Å². The molecule has 0 radical (unpaired) electrons. The van der Waals surface area contributed by atoms with E-state index in [4.69, 9.17) is 14.2 Å². The second kappa shape index (κ2) is 7.76. The summed E-state index contributed by atoms with van der Waals surface area (Å²) in [5.41, 5.74) is 0. The van der Waals surface area contributed by atoms with Crippen molar-refractivity contribution in [2.45, 2.75) is 11.3 Å². The van der Waals surface area contributed by atoms with Crippen LogP contribution in [0.1, 0.15) is 6.42 Å². The molecule has 0 N–H and O–H groups in total. The Kier molecular flexibility index (Phi) is 5.45. The maximum atomic E-state index is 12.7. The number of rotatable bonds is 7. The van der Waals surface area contributed by atoms with Crippen molar-refractivity contribution in [1.82, 2.24) is 4.31 Å². The summed E-state index contributed by atoms with van der Waals surface area (Å²) in [5, 5.41) is 0. The zero-order valence-electron chi connectivity index (χ0n) is 14.1. The van der Waals surface area contributed by atoms with Crippen LogP contribution in [-0.2, 0) is 10.0 Å². The lowest BCUT2D eigenvalue weighted by Crippen LogP contribution is -2.29. The van der Waals surface area contributed by atoms with E-state index >= 15 is 0 Å². The fourth-order valence-corrected chi connectivity index (χ4v) is 3.70. The van der Waals surface area contributed by atoms with E-state index in [0.29, 0.717) is 44.3 Å². The standard InChI is InChI=1S/C18H21NO5S/c1-19(10-5-11-22-15-6-3-2-4-7-15)25(20,21)16-8-9-17-18(14-16)24-13-12-23-17/h2-4,6-9,14H,5,10-13H2,1H3. The lowest BCUT2D eigenvalue weighted by Gasteiger charge is -2.21. The largest absolute Gasteiger partial charge is 0.494 e. The molecule has 0 bridgehead atoms. The molecule has 1 aliphatic heterocycles. The Labute approximate surface area is 148 Å². The van der Waals surface area contributed by atoms with Gasteiger partial charge in [-0.2, -0.15) is 0 Å². The molecule has 6 nitrogen and oxygen atoms in total. The number of hydrogen-bond donors (Lipinski definition) is 0. The second-order valence-electron chi connectivity index (χ2n) is 5.65. The zero-order chi connectivity index (χ0) is 17.7. The first-order valence-corrected chi connectivity index (χ1v) is 9.55. The third-order valence-electron chi connectivity index (χ3n) is 3.85. The number of sulfonamides is 1. The smallest absolute Gasteiger partial charge is 0.242 e. The first-order chi connectivity index (χ1) is 12.1. The molecule has 0 spiro atoms. The average molecular weight is 363 g/mol. The highest BCUT2D eigenvalue weighted by Crippen LogP contribution is 2.32. The predicted molar refractivity (Wildman–Crippen MR) is 93.8 cm³/mol. The van der Waals surface area contributed by atoms with Gasteiger partial charge in [0.25, 0.3) is 0 Å². The summed E-state index contributed by atoms with van der Waals surface area (Å²) in [7, 11) is -2.01. The maximum absolute atomic E-state index is 12.7. The molecule has 0 atom stereocenters. The van der Waals surface area contributed by atoms with Gasteiger partial charge >= 0.3 is 0 Å². The van der Waals surface area contributed by atoms with Crippen molar-refractivity contribution in [1.29, 1.82) is 0 Å². The average Bonchev–Trinajstić information content (AvgIpc) is 2.65. The van der Waals surface area contributed by atoms with E-state index in [-0.39, 0.29) is 4.90 Å². The van der Waals surface area contributed by atoms with Crippen LogP contribution in [0.5, 0.6) is 17.2 Å². The summed E-state index contributed by atoms with van der Waals surface area (Å²) in [6.45, 7) is 1.71. The third-order valence-corrected chi connectivity index (χ3v) is 5.70. The van der Waals surface area contributed by atoms with Crippen LogP contribution < -0.4 is 14.2 Å². The van der Waals surface area contributed by atoms with Gasteiger partial charge in [0.15, 0.2) is 11.5 Å². The van der Waals surface area contributed by atoms with E-state index < -0.39 is 10.0 Å². The Balaban J connectivity index is 1.58. The summed E-state index contributed by atoms with van der Waals surface area (Å²) >= 11 is 0. The molecule has 2 aromatic carbocycles. The van der Waals surface area contributed by atoms with Crippen LogP contribution in [-0.4, -0.2) is 46.1 Å². The molecular formula is C18H21NO5S. The number of fused-ring (bicyclic) bond motifs is 1. The van der Waals surface area contributed by atoms with E-state index in [1.807, 2.05) is 30.3 Å². The summed E-state index contributed by atoms with van der Waals surface area (Å²) in [6, 6.07) is 14.1. The Morgan fingerprint density at radius 1 is 1.04 bits per heavy atom. The molecule has 25 heavy (non-hydrogen) atoms. The van der Waals surface area contributed by atoms with Crippen molar-refractivity contribution in [3.8, 4) is 17.2 Å². The number of hydrogen-bond acceptors (Lipinski definition) is 5. The Bertz CT molecular complexity index is 807. The van der Waals surface area contributed by atoms with Gasteiger partial charge in [0.1, 0.15) is 19.0 Å². The number of para-hydroxylation sites is 1. The minimum atomic E-state index is -3.58. The fourth-order valence-electron chi connectivity index (χ4n) is 2.48. The molecule has 0 unspecified atom stereocenters. The molecule has 1 aliphatic rings. The molecule has 0 saturated carbocycles. The molecule has 2 aromatic rings. The summed E-state index contributed by atoms with van der Waals surface area (Å²) < 4.78 is 43.1. The highest BCUT2D eigenvalue weighted by molar-refractivity contribution is 7.89. The number of benzene rings is 2. The Hall–Kier alpha value is -2.25. The maximum Gasteiger partial charge on any atom is 0.242 e. The van der Waals surface area contributed by atoms with Gasteiger partial charge in [-0.3, -0.25) is 0 Å². The van der Waals surface area contributed by atoms with Gasteiger partial charge in [0.2, 0.25) is 10.0 Å². The number of nitrogens with zero attached hydrogens (tertiary/aromatic N) is 1. The van der Waals surface area contributed by atoms with Crippen molar-refractivity contribution >= 4 is 10.0 Å². The Morgan fingerprint density at radius 2 is 1.76 bits per heavy atom. The van der Waals surface area contributed by atoms with E-state index in [9.17, 15) is 8.42 Å². The molecular weight excluding hydrogens is 342 g/mol. The molecule has 1 heterocycles. The second-order valence-corrected chi connectivity index (χ2v) is 7.69. The summed E-state index contributed by atoms with van der Waals surface area (Å²) in [4.78, 5) is 0.197. The van der Waals surface area contributed by atoms with Crippen LogP contribution >= 0.6 is 0 Å². The fraction of sp³-hybridized carbons (Fsp3) is 0.333. The van der Waals surface area contributed by atoms with Gasteiger partial charge in [-0.05, 0) is 30.7 Å². The van der Waals surface area contributed by atoms with Crippen LogP contribution in [0, 0.1) is 0 Å². The van der Waals surface area contributed by atoms with Crippen molar-refractivity contribution in [3.63, 3.8) is 0 Å². The van der Waals surface area contributed by atoms with Crippen molar-refractivity contribution in [3.05, 3.63) is 48.5 Å². The monoisotopic (exact) mass is 363 g/mol. The molecule has 0 aromatic heterocycles. The van der Waals surface area contributed by atoms with Gasteiger partial charge in [-0.1, -0.05) is 18.2 Å². The van der Waals surface area contributed by atoms with Gasteiger partial charge in [-0.15, -0.1) is 0 Å². The van der Waals surface area contributed by atoms with Gasteiger partial charge < -0.3 is 14.2 Å². The molecule has 134 valence electrons. The summed E-state index contributed by atoms with van der Waals surface area (Å²) in [5.74, 6) is 1.82. The quantitative estimate of drug-likeness (QED) is 0.708. The van der Waals surface area contributed by atoms with Crippen LogP contribution in [0.3, 0.4) is 0 Å². The van der Waals surface area contributed by atoms with E-state index in [0.717, 1.165) is 5.75 Å². The minimum Gasteiger partial charge on any atom is -0.494 e. The SMILES string of the molecule is CN(CCCOc1ccccc1)S(=O)(=O)c1ccc2c(c1)OCCO2. The van der Waals surface area contributed by atoms with E-state index in [1.54, 1.807) is 19.2 Å². The van der Waals surface area contributed by atoms with Crippen LogP contribution in [0.4, 0.5) is 0 Å². The number of ether oxygens (including phenoxy) is 3. The highest BCUT2D eigenvalue weighted by Gasteiger charge is 2.23. The Morgan fingerprint density at radius 3 is 2.52 bits per heavy atom. The normalized spacial score (nSPS) is 13.7. The van der Waals surface area contributed by atoms with Crippen LogP contribution in [0.25, 0.3) is 0 Å². The molecule has 0 aliphatic carbocycles. The van der Waals surface area contributed by atoms with Gasteiger partial charge in [-0.25, -0.2) is 12.7 Å².